The number of carboxylic acid groups (broad SMARTS) is 1. The summed E-state index contributed by atoms with van der Waals surface area (Å²) in [5.74, 6) is -0.825. The first-order chi connectivity index (χ1) is 6.49. The molecule has 0 saturated heterocycles. The Morgan fingerprint density at radius 3 is 2.86 bits per heavy atom. The van der Waals surface area contributed by atoms with Gasteiger partial charge in [-0.1, -0.05) is 11.6 Å². The van der Waals surface area contributed by atoms with E-state index in [0.717, 1.165) is 9.35 Å². The molecule has 0 fully saturated rings. The van der Waals surface area contributed by atoms with E-state index in [2.05, 4.69) is 15.9 Å². The number of rotatable bonds is 4. The van der Waals surface area contributed by atoms with Crippen LogP contribution in [-0.4, -0.2) is 29.6 Å². The van der Waals surface area contributed by atoms with Gasteiger partial charge >= 0.3 is 5.97 Å². The number of carboxylic acids is 1. The number of aliphatic carboxylic acids is 1. The molecule has 78 valence electrons. The third-order valence-electron chi connectivity index (χ3n) is 1.53. The van der Waals surface area contributed by atoms with Gasteiger partial charge in [-0.3, -0.25) is 9.69 Å². The number of thiophene rings is 1. The van der Waals surface area contributed by atoms with Gasteiger partial charge < -0.3 is 5.11 Å². The van der Waals surface area contributed by atoms with Gasteiger partial charge in [0.1, 0.15) is 4.34 Å². The van der Waals surface area contributed by atoms with Gasteiger partial charge in [-0.05, 0) is 29.0 Å². The Morgan fingerprint density at radius 1 is 1.79 bits per heavy atom. The van der Waals surface area contributed by atoms with Crippen LogP contribution in [0.25, 0.3) is 0 Å². The highest BCUT2D eigenvalue weighted by molar-refractivity contribution is 9.10. The van der Waals surface area contributed by atoms with E-state index in [0.29, 0.717) is 10.9 Å². The maximum absolute atomic E-state index is 10.4. The summed E-state index contributed by atoms with van der Waals surface area (Å²) < 4.78 is 1.56. The quantitative estimate of drug-likeness (QED) is 0.929. The summed E-state index contributed by atoms with van der Waals surface area (Å²) in [5.41, 5.74) is 0. The Balaban J connectivity index is 2.56. The fourth-order valence-electron chi connectivity index (χ4n) is 1.02. The van der Waals surface area contributed by atoms with Crippen molar-refractivity contribution in [3.63, 3.8) is 0 Å². The van der Waals surface area contributed by atoms with Crippen LogP contribution in [0.3, 0.4) is 0 Å². The number of hydrogen-bond donors (Lipinski definition) is 1. The molecule has 1 N–H and O–H groups in total. The molecule has 0 amide bonds. The molecular weight excluding hydrogens is 290 g/mol. The number of hydrogen-bond acceptors (Lipinski definition) is 3. The third-order valence-corrected chi connectivity index (χ3v) is 3.99. The first kappa shape index (κ1) is 12.0. The minimum Gasteiger partial charge on any atom is -0.480 e. The average Bonchev–Trinajstić information content (AvgIpc) is 2.28. The average molecular weight is 299 g/mol. The van der Waals surface area contributed by atoms with Crippen molar-refractivity contribution in [2.45, 2.75) is 6.54 Å². The van der Waals surface area contributed by atoms with Crippen molar-refractivity contribution in [2.24, 2.45) is 0 Å². The van der Waals surface area contributed by atoms with Gasteiger partial charge in [0, 0.05) is 15.9 Å². The van der Waals surface area contributed by atoms with E-state index in [1.807, 2.05) is 6.07 Å². The minimum atomic E-state index is -0.825. The Labute approximate surface area is 99.4 Å². The fourth-order valence-corrected chi connectivity index (χ4v) is 2.89. The highest BCUT2D eigenvalue weighted by Gasteiger charge is 2.09. The third kappa shape index (κ3) is 3.57. The number of carbonyl (C=O) groups is 1. The smallest absolute Gasteiger partial charge is 0.317 e. The van der Waals surface area contributed by atoms with Crippen LogP contribution in [0.4, 0.5) is 0 Å². The molecule has 6 heteroatoms. The summed E-state index contributed by atoms with van der Waals surface area (Å²) in [7, 11) is 1.76. The van der Waals surface area contributed by atoms with E-state index in [-0.39, 0.29) is 6.54 Å². The molecule has 0 aromatic carbocycles. The fraction of sp³-hybridized carbons (Fsp3) is 0.375. The van der Waals surface area contributed by atoms with Crippen LogP contribution in [0.15, 0.2) is 10.5 Å². The summed E-state index contributed by atoms with van der Waals surface area (Å²) >= 11 is 10.6. The lowest BCUT2D eigenvalue weighted by atomic mass is 10.4. The summed E-state index contributed by atoms with van der Waals surface area (Å²) in [6.45, 7) is 0.634. The van der Waals surface area contributed by atoms with Crippen molar-refractivity contribution in [3.8, 4) is 0 Å². The molecule has 0 bridgehead atoms. The van der Waals surface area contributed by atoms with Crippen molar-refractivity contribution < 1.29 is 9.90 Å². The number of halogens is 2. The zero-order valence-corrected chi connectivity index (χ0v) is 10.6. The van der Waals surface area contributed by atoms with E-state index in [1.54, 1.807) is 11.9 Å². The zero-order valence-electron chi connectivity index (χ0n) is 7.46. The van der Waals surface area contributed by atoms with Gasteiger partial charge in [0.2, 0.25) is 0 Å². The maximum Gasteiger partial charge on any atom is 0.317 e. The summed E-state index contributed by atoms with van der Waals surface area (Å²) in [5, 5.41) is 8.55. The second-order valence-electron chi connectivity index (χ2n) is 2.90. The molecule has 3 nitrogen and oxygen atoms in total. The molecule has 1 heterocycles. The largest absolute Gasteiger partial charge is 0.480 e. The number of nitrogens with zero attached hydrogens (tertiary/aromatic N) is 1. The van der Waals surface area contributed by atoms with Crippen LogP contribution in [0.1, 0.15) is 4.88 Å². The van der Waals surface area contributed by atoms with Crippen LogP contribution < -0.4 is 0 Å². The van der Waals surface area contributed by atoms with E-state index in [9.17, 15) is 4.79 Å². The Hall–Kier alpha value is -0.100. The van der Waals surface area contributed by atoms with E-state index >= 15 is 0 Å². The van der Waals surface area contributed by atoms with Gasteiger partial charge in [-0.15, -0.1) is 11.3 Å². The second kappa shape index (κ2) is 5.11. The van der Waals surface area contributed by atoms with Gasteiger partial charge in [0.05, 0.1) is 6.54 Å². The lowest BCUT2D eigenvalue weighted by Gasteiger charge is -2.11. The maximum atomic E-state index is 10.4. The molecule has 14 heavy (non-hydrogen) atoms. The predicted octanol–water partition coefficient (Wildman–Crippen LogP) is 2.68. The molecule has 0 atom stereocenters. The summed E-state index contributed by atoms with van der Waals surface area (Å²) in [6.07, 6.45) is 0. The van der Waals surface area contributed by atoms with Crippen LogP contribution in [-0.2, 0) is 11.3 Å². The standard InChI is InChI=1S/C8H9BrClNO2S/c1-11(4-7(12)13)3-5-2-6(9)8(10)14-5/h2H,3-4H2,1H3,(H,12,13). The monoisotopic (exact) mass is 297 g/mol. The van der Waals surface area contributed by atoms with Crippen LogP contribution in [0.5, 0.6) is 0 Å². The highest BCUT2D eigenvalue weighted by atomic mass is 79.9. The Kier molecular flexibility index (Phi) is 4.37. The van der Waals surface area contributed by atoms with Crippen molar-refractivity contribution in [1.29, 1.82) is 0 Å². The van der Waals surface area contributed by atoms with Gasteiger partial charge in [-0.2, -0.15) is 0 Å². The van der Waals surface area contributed by atoms with Gasteiger partial charge in [-0.25, -0.2) is 0 Å². The molecule has 0 radical (unpaired) electrons. The topological polar surface area (TPSA) is 40.5 Å². The van der Waals surface area contributed by atoms with Gasteiger partial charge in [0.15, 0.2) is 0 Å². The van der Waals surface area contributed by atoms with Crippen molar-refractivity contribution in [1.82, 2.24) is 4.90 Å². The van der Waals surface area contributed by atoms with Crippen molar-refractivity contribution >= 4 is 44.8 Å². The first-order valence-electron chi connectivity index (χ1n) is 3.83. The van der Waals surface area contributed by atoms with E-state index < -0.39 is 5.97 Å². The van der Waals surface area contributed by atoms with Crippen LogP contribution in [0.2, 0.25) is 4.34 Å². The first-order valence-corrected chi connectivity index (χ1v) is 5.82. The Morgan fingerprint density at radius 2 is 2.43 bits per heavy atom. The highest BCUT2D eigenvalue weighted by Crippen LogP contribution is 2.32. The normalized spacial score (nSPS) is 10.9. The zero-order chi connectivity index (χ0) is 10.7. The molecule has 1 aromatic heterocycles. The van der Waals surface area contributed by atoms with Gasteiger partial charge in [0.25, 0.3) is 0 Å². The van der Waals surface area contributed by atoms with E-state index in [4.69, 9.17) is 16.7 Å². The SMILES string of the molecule is CN(CC(=O)O)Cc1cc(Br)c(Cl)s1. The van der Waals surface area contributed by atoms with E-state index in [1.165, 1.54) is 11.3 Å². The lowest BCUT2D eigenvalue weighted by molar-refractivity contribution is -0.138. The Bertz CT molecular complexity index is 323. The summed E-state index contributed by atoms with van der Waals surface area (Å²) in [6, 6.07) is 1.91. The second-order valence-corrected chi connectivity index (χ2v) is 5.49. The molecule has 0 aliphatic rings. The molecule has 0 aliphatic carbocycles. The lowest BCUT2D eigenvalue weighted by Crippen LogP contribution is -2.24. The molecule has 0 saturated carbocycles. The predicted molar refractivity (Wildman–Crippen MR) is 61.0 cm³/mol. The summed E-state index contributed by atoms with van der Waals surface area (Å²) in [4.78, 5) is 13.2. The van der Waals surface area contributed by atoms with Crippen LogP contribution in [0, 0.1) is 0 Å². The molecule has 0 unspecified atom stereocenters. The molecular formula is C8H9BrClNO2S. The van der Waals surface area contributed by atoms with Crippen LogP contribution >= 0.6 is 38.9 Å². The molecule has 0 spiro atoms. The van der Waals surface area contributed by atoms with Crippen molar-refractivity contribution in [2.75, 3.05) is 13.6 Å². The molecule has 1 rings (SSSR count). The van der Waals surface area contributed by atoms with Crippen molar-refractivity contribution in [3.05, 3.63) is 19.8 Å². The molecule has 1 aromatic rings. The minimum absolute atomic E-state index is 0.0349. The number of likely N-dealkylation sites (N-methyl/N-ethyl adjacent to an activating group) is 1. The molecule has 0 aliphatic heterocycles.